The quantitative estimate of drug-likeness (QED) is 0.333. The van der Waals surface area contributed by atoms with Gasteiger partial charge in [0.25, 0.3) is 0 Å². The lowest BCUT2D eigenvalue weighted by atomic mass is 10.4. The number of hydrogen-bond donors (Lipinski definition) is 1. The molecule has 0 heterocycles. The average Bonchev–Trinajstić information content (AvgIpc) is 2.54. The fourth-order valence-electron chi connectivity index (χ4n) is 0.630. The molecule has 0 aliphatic carbocycles. The van der Waals surface area contributed by atoms with Crippen molar-refractivity contribution in [1.29, 1.82) is 0 Å². The number of nitrogens with one attached hydrogen (secondary N) is 1. The Morgan fingerprint density at radius 2 is 1.22 bits per heavy atom. The smallest absolute Gasteiger partial charge is 0.333 e. The van der Waals surface area contributed by atoms with Crippen LogP contribution in [-0.2, 0) is 28.6 Å². The number of carbonyl (C=O) groups excluding carboxylic acids is 3. The van der Waals surface area contributed by atoms with Gasteiger partial charge in [-0.2, -0.15) is 0 Å². The van der Waals surface area contributed by atoms with Crippen LogP contribution in [0.15, 0.2) is 37.0 Å². The largest absolute Gasteiger partial charge is 1.00 e. The predicted molar refractivity (Wildman–Crippen MR) is 104 cm³/mol. The van der Waals surface area contributed by atoms with Crippen molar-refractivity contribution in [3.8, 4) is 0 Å². The Morgan fingerprint density at radius 3 is 1.30 bits per heavy atom. The average molecular weight is 410 g/mol. The van der Waals surface area contributed by atoms with Crippen molar-refractivity contribution < 1.29 is 45.9 Å². The summed E-state index contributed by atoms with van der Waals surface area (Å²) in [6.45, 7) is 17.5. The van der Waals surface area contributed by atoms with Crippen molar-refractivity contribution in [2.75, 3.05) is 41.5 Å². The SMILES string of the molecule is C=C(C)C(=O)OC.C=C(C)C(=O)OCC.C=CC(=O)OCC.C[NH+](C)C.[Cl-]. The Bertz CT molecular complexity index is 443. The molecule has 0 radical (unpaired) electrons. The van der Waals surface area contributed by atoms with Gasteiger partial charge >= 0.3 is 17.9 Å². The number of ether oxygens (including phenoxy) is 3. The molecule has 0 spiro atoms. The van der Waals surface area contributed by atoms with Crippen LogP contribution in [0.1, 0.15) is 27.7 Å². The summed E-state index contributed by atoms with van der Waals surface area (Å²) in [6, 6.07) is 0. The molecule has 8 heteroatoms. The first-order valence-corrected chi connectivity index (χ1v) is 8.03. The monoisotopic (exact) mass is 409 g/mol. The number of esters is 3. The second-order valence-electron chi connectivity index (χ2n) is 5.23. The molecule has 0 aliphatic heterocycles. The molecule has 0 unspecified atom stereocenters. The van der Waals surface area contributed by atoms with Gasteiger partial charge in [0.05, 0.1) is 41.5 Å². The van der Waals surface area contributed by atoms with Gasteiger partial charge in [-0.1, -0.05) is 19.7 Å². The van der Waals surface area contributed by atoms with Gasteiger partial charge in [0.1, 0.15) is 0 Å². The molecule has 7 nitrogen and oxygen atoms in total. The third-order valence-corrected chi connectivity index (χ3v) is 1.61. The first-order chi connectivity index (χ1) is 11.9. The molecule has 0 aromatic heterocycles. The third kappa shape index (κ3) is 45.3. The zero-order valence-corrected chi connectivity index (χ0v) is 18.7. The van der Waals surface area contributed by atoms with Gasteiger partial charge in [-0.15, -0.1) is 0 Å². The molecular weight excluding hydrogens is 374 g/mol. The second kappa shape index (κ2) is 26.1. The van der Waals surface area contributed by atoms with Crippen LogP contribution >= 0.6 is 0 Å². The summed E-state index contributed by atoms with van der Waals surface area (Å²) >= 11 is 0. The summed E-state index contributed by atoms with van der Waals surface area (Å²) in [4.78, 5) is 32.1. The Hall–Kier alpha value is -2.12. The predicted octanol–water partition coefficient (Wildman–Crippen LogP) is -1.64. The van der Waals surface area contributed by atoms with E-state index in [0.29, 0.717) is 24.4 Å². The first kappa shape index (κ1) is 35.9. The Balaban J connectivity index is -0.0000000806. The number of carbonyl (C=O) groups is 3. The van der Waals surface area contributed by atoms with Crippen LogP contribution in [0.25, 0.3) is 0 Å². The molecule has 1 N–H and O–H groups in total. The molecule has 0 fully saturated rings. The Kier molecular flexibility index (Phi) is 34.7. The van der Waals surface area contributed by atoms with Crippen LogP contribution in [0.2, 0.25) is 0 Å². The molecule has 0 rings (SSSR count). The maximum absolute atomic E-state index is 10.4. The molecule has 0 aliphatic rings. The number of hydrogen-bond acceptors (Lipinski definition) is 6. The minimum Gasteiger partial charge on any atom is -1.00 e. The van der Waals surface area contributed by atoms with Crippen LogP contribution in [0.4, 0.5) is 0 Å². The van der Waals surface area contributed by atoms with Crippen molar-refractivity contribution >= 4 is 17.9 Å². The van der Waals surface area contributed by atoms with E-state index in [4.69, 9.17) is 0 Å². The third-order valence-electron chi connectivity index (χ3n) is 1.61. The minimum atomic E-state index is -0.359. The molecule has 0 saturated heterocycles. The summed E-state index contributed by atoms with van der Waals surface area (Å²) in [5.41, 5.74) is 0.884. The molecule has 27 heavy (non-hydrogen) atoms. The van der Waals surface area contributed by atoms with Gasteiger partial charge in [0.2, 0.25) is 0 Å². The number of rotatable bonds is 5. The van der Waals surface area contributed by atoms with Gasteiger partial charge in [-0.25, -0.2) is 14.4 Å². The standard InChI is InChI=1S/C6H10O2.2C5H8O2.C3H9N.ClH/c1-4-8-6(7)5(2)3;1-4(2)5(6)7-3;1-3-5(6)7-4-2;1-4(2)3;/h2,4H2,1,3H3;1H2,2-3H3;3H,1,4H2,2H3;1-3H3;1H. The van der Waals surface area contributed by atoms with E-state index in [-0.39, 0.29) is 30.3 Å². The summed E-state index contributed by atoms with van der Waals surface area (Å²) < 4.78 is 13.3. The highest BCUT2D eigenvalue weighted by Crippen LogP contribution is 1.89. The van der Waals surface area contributed by atoms with Crippen molar-refractivity contribution in [3.05, 3.63) is 37.0 Å². The second-order valence-corrected chi connectivity index (χ2v) is 5.23. The Morgan fingerprint density at radius 1 is 0.889 bits per heavy atom. The van der Waals surface area contributed by atoms with Crippen LogP contribution in [0.3, 0.4) is 0 Å². The lowest BCUT2D eigenvalue weighted by molar-refractivity contribution is -0.836. The number of methoxy groups -OCH3 is 1. The van der Waals surface area contributed by atoms with Crippen LogP contribution in [0.5, 0.6) is 0 Å². The summed E-state index contributed by atoms with van der Waals surface area (Å²) in [5.74, 6) is -1.02. The van der Waals surface area contributed by atoms with E-state index in [2.05, 4.69) is 55.1 Å². The van der Waals surface area contributed by atoms with Gasteiger partial charge < -0.3 is 31.5 Å². The van der Waals surface area contributed by atoms with E-state index in [9.17, 15) is 14.4 Å². The van der Waals surface area contributed by atoms with E-state index in [1.54, 1.807) is 27.7 Å². The molecular formula is C19H36ClNO6. The van der Waals surface area contributed by atoms with E-state index < -0.39 is 0 Å². The highest BCUT2D eigenvalue weighted by Gasteiger charge is 1.98. The van der Waals surface area contributed by atoms with Gasteiger partial charge in [-0.05, 0) is 27.7 Å². The molecule has 0 aromatic rings. The summed E-state index contributed by atoms with van der Waals surface area (Å²) in [6.07, 6.45) is 1.14. The van der Waals surface area contributed by atoms with E-state index in [0.717, 1.165) is 6.08 Å². The number of halogens is 1. The zero-order valence-electron chi connectivity index (χ0n) is 17.9. The Labute approximate surface area is 170 Å². The van der Waals surface area contributed by atoms with Crippen LogP contribution in [0, 0.1) is 0 Å². The van der Waals surface area contributed by atoms with Crippen LogP contribution in [-0.4, -0.2) is 59.4 Å². The molecule has 0 bridgehead atoms. The maximum Gasteiger partial charge on any atom is 0.333 e. The number of quaternary nitrogens is 1. The van der Waals surface area contributed by atoms with Gasteiger partial charge in [-0.3, -0.25) is 0 Å². The van der Waals surface area contributed by atoms with Crippen molar-refractivity contribution in [3.63, 3.8) is 0 Å². The molecule has 0 amide bonds. The van der Waals surface area contributed by atoms with Crippen molar-refractivity contribution in [2.24, 2.45) is 0 Å². The van der Waals surface area contributed by atoms with E-state index in [1.807, 2.05) is 0 Å². The lowest BCUT2D eigenvalue weighted by Gasteiger charge is -1.96. The van der Waals surface area contributed by atoms with Gasteiger partial charge in [0, 0.05) is 17.2 Å². The topological polar surface area (TPSA) is 83.3 Å². The molecule has 160 valence electrons. The fourth-order valence-corrected chi connectivity index (χ4v) is 0.630. The van der Waals surface area contributed by atoms with Crippen molar-refractivity contribution in [1.82, 2.24) is 0 Å². The van der Waals surface area contributed by atoms with E-state index in [1.165, 1.54) is 12.0 Å². The zero-order chi connectivity index (χ0) is 21.7. The summed E-state index contributed by atoms with van der Waals surface area (Å²) in [7, 11) is 7.58. The highest BCUT2D eigenvalue weighted by molar-refractivity contribution is 5.87. The highest BCUT2D eigenvalue weighted by atomic mass is 35.5. The van der Waals surface area contributed by atoms with Gasteiger partial charge in [0.15, 0.2) is 0 Å². The fraction of sp³-hybridized carbons (Fsp3) is 0.526. The van der Waals surface area contributed by atoms with E-state index >= 15 is 0 Å². The molecule has 0 saturated carbocycles. The normalized spacial score (nSPS) is 7.74. The van der Waals surface area contributed by atoms with Crippen molar-refractivity contribution in [2.45, 2.75) is 27.7 Å². The molecule has 0 aromatic carbocycles. The molecule has 0 atom stereocenters. The first-order valence-electron chi connectivity index (χ1n) is 8.03. The lowest BCUT2D eigenvalue weighted by Crippen LogP contribution is -3.02. The minimum absolute atomic E-state index is 0. The summed E-state index contributed by atoms with van der Waals surface area (Å²) in [5, 5.41) is 0. The maximum atomic E-state index is 10.4. The van der Waals surface area contributed by atoms with Crippen LogP contribution < -0.4 is 17.3 Å².